The molecule has 0 radical (unpaired) electrons. The van der Waals surface area contributed by atoms with Gasteiger partial charge in [-0.2, -0.15) is 0 Å². The summed E-state index contributed by atoms with van der Waals surface area (Å²) in [5.74, 6) is -0.581. The molecule has 5 amide bonds. The number of nitrogens with one attached hydrogen (secondary N) is 8. The predicted molar refractivity (Wildman–Crippen MR) is 565 cm³/mol. The minimum Gasteiger partial charge on any atom is -0.508 e. The van der Waals surface area contributed by atoms with Gasteiger partial charge in [-0.15, -0.1) is 0 Å². The van der Waals surface area contributed by atoms with Crippen molar-refractivity contribution >= 4 is 143 Å². The lowest BCUT2D eigenvalue weighted by molar-refractivity contribution is 0.111. The number of sulfonamides is 3. The molecule has 0 fully saturated rings. The monoisotopic (exact) mass is 2070 g/mol. The van der Waals surface area contributed by atoms with Gasteiger partial charge in [0.1, 0.15) is 61.8 Å². The molecule has 0 saturated heterocycles. The van der Waals surface area contributed by atoms with Crippen molar-refractivity contribution in [3.05, 3.63) is 265 Å². The molecule has 1 aliphatic heterocycles. The minimum absolute atomic E-state index is 0.00419. The van der Waals surface area contributed by atoms with Crippen LogP contribution in [-0.4, -0.2) is 215 Å². The molecule has 0 atom stereocenters. The molecule has 0 bridgehead atoms. The van der Waals surface area contributed by atoms with Crippen LogP contribution in [0.15, 0.2) is 176 Å². The fraction of sp³-hybridized carbons (Fsp3) is 0.337. The predicted octanol–water partition coefficient (Wildman–Crippen LogP) is 15.7. The first-order chi connectivity index (χ1) is 69.4. The van der Waals surface area contributed by atoms with Crippen LogP contribution in [-0.2, 0) is 99.8 Å². The maximum absolute atomic E-state index is 12.2. The van der Waals surface area contributed by atoms with E-state index < -0.39 is 60.5 Å². The van der Waals surface area contributed by atoms with Gasteiger partial charge in [0.05, 0.1) is 47.6 Å². The quantitative estimate of drug-likeness (QED) is 0.0125. The zero-order valence-electron chi connectivity index (χ0n) is 84.2. The molecule has 0 unspecified atom stereocenters. The van der Waals surface area contributed by atoms with E-state index in [1.165, 1.54) is 60.7 Å². The van der Waals surface area contributed by atoms with Crippen LogP contribution < -0.4 is 65.2 Å². The number of phenolic OH excluding ortho intramolecular Hbond substituents is 5. The number of hydrogen-bond acceptors (Lipinski definition) is 31. The van der Waals surface area contributed by atoms with E-state index in [0.29, 0.717) is 139 Å². The highest BCUT2D eigenvalue weighted by Crippen LogP contribution is 2.35. The number of aliphatic hydroxyl groups is 1. The van der Waals surface area contributed by atoms with Gasteiger partial charge < -0.3 is 78.8 Å². The Morgan fingerprint density at radius 3 is 0.945 bits per heavy atom. The summed E-state index contributed by atoms with van der Waals surface area (Å²) >= 11 is 0. The summed E-state index contributed by atoms with van der Waals surface area (Å²) in [4.78, 5) is 114. The Morgan fingerprint density at radius 2 is 0.651 bits per heavy atom. The van der Waals surface area contributed by atoms with Gasteiger partial charge in [0.2, 0.25) is 30.1 Å². The second-order valence-corrected chi connectivity index (χ2v) is 39.1. The van der Waals surface area contributed by atoms with E-state index in [1.807, 2.05) is 131 Å². The Morgan fingerprint density at radius 1 is 0.349 bits per heavy atom. The van der Waals surface area contributed by atoms with Crippen molar-refractivity contribution in [1.82, 2.24) is 14.2 Å². The van der Waals surface area contributed by atoms with Gasteiger partial charge >= 0.3 is 30.5 Å². The van der Waals surface area contributed by atoms with Crippen molar-refractivity contribution in [1.29, 1.82) is 0 Å². The number of aldehydes is 4. The highest BCUT2D eigenvalue weighted by molar-refractivity contribution is 7.89. The summed E-state index contributed by atoms with van der Waals surface area (Å²) in [5, 5.41) is 71.2. The lowest BCUT2D eigenvalue weighted by atomic mass is 10.1. The van der Waals surface area contributed by atoms with E-state index in [-0.39, 0.29) is 90.6 Å². The summed E-state index contributed by atoms with van der Waals surface area (Å²) in [6, 6.07) is 49.0. The van der Waals surface area contributed by atoms with Gasteiger partial charge in [0.25, 0.3) is 0 Å². The van der Waals surface area contributed by atoms with Crippen molar-refractivity contribution in [3.63, 3.8) is 0 Å². The van der Waals surface area contributed by atoms with Gasteiger partial charge in [-0.3, -0.25) is 45.8 Å². The molecular formula is C104H131N13O26S3. The van der Waals surface area contributed by atoms with E-state index in [9.17, 15) is 99.0 Å². The fourth-order valence-corrected chi connectivity index (χ4v) is 16.2. The molecule has 0 spiro atoms. The van der Waals surface area contributed by atoms with Crippen LogP contribution in [0, 0.1) is 34.6 Å². The molecule has 10 aromatic rings. The maximum Gasteiger partial charge on any atom is 0.411 e. The van der Waals surface area contributed by atoms with Gasteiger partial charge in [0.15, 0.2) is 25.1 Å². The highest BCUT2D eigenvalue weighted by Gasteiger charge is 2.24. The minimum atomic E-state index is -3.24. The maximum atomic E-state index is 12.2. The van der Waals surface area contributed by atoms with Gasteiger partial charge in [-0.1, -0.05) is 37.3 Å². The van der Waals surface area contributed by atoms with E-state index in [1.54, 1.807) is 42.5 Å². The van der Waals surface area contributed by atoms with Gasteiger partial charge in [-0.05, 0) is 294 Å². The van der Waals surface area contributed by atoms with Gasteiger partial charge in [-0.25, -0.2) is 63.4 Å². The van der Waals surface area contributed by atoms with Crippen LogP contribution in [0.4, 0.5) is 80.8 Å². The van der Waals surface area contributed by atoms with E-state index in [2.05, 4.69) is 83.1 Å². The topological polar surface area (TPSA) is 536 Å². The number of amides is 5. The van der Waals surface area contributed by atoms with E-state index >= 15 is 0 Å². The first-order valence-electron chi connectivity index (χ1n) is 46.7. The summed E-state index contributed by atoms with van der Waals surface area (Å²) in [7, 11) is -9.70. The smallest absolute Gasteiger partial charge is 0.411 e. The summed E-state index contributed by atoms with van der Waals surface area (Å²) in [5.41, 5.74) is 17.8. The summed E-state index contributed by atoms with van der Waals surface area (Å²) in [6.07, 6.45) is 4.37. The Kier molecular flexibility index (Phi) is 46.8. The third-order valence-corrected chi connectivity index (χ3v) is 24.8. The molecule has 1 aliphatic rings. The molecule has 0 saturated carbocycles. The third kappa shape index (κ3) is 39.2. The Bertz CT molecular complexity index is 6490. The second-order valence-electron chi connectivity index (χ2n) is 33.6. The number of fused-ring (bicyclic) bond motifs is 1. The number of rotatable bonds is 43. The average Bonchev–Trinajstić information content (AvgIpc) is 1.65. The Balaban J connectivity index is 0.000000248. The highest BCUT2D eigenvalue weighted by atomic mass is 32.2. The first kappa shape index (κ1) is 118. The number of nitrogens with zero attached hydrogens (tertiary/aromatic N) is 5. The number of phenols is 5. The molecule has 10 aromatic carbocycles. The molecule has 42 heteroatoms. The number of aliphatic hydroxyl groups excluding tert-OH is 1. The largest absolute Gasteiger partial charge is 0.508 e. The normalized spacial score (nSPS) is 11.2. The lowest BCUT2D eigenvalue weighted by Crippen LogP contribution is -2.34. The Hall–Kier alpha value is -15.1. The van der Waals surface area contributed by atoms with Crippen LogP contribution in [0.25, 0.3) is 0 Å². The van der Waals surface area contributed by atoms with Crippen molar-refractivity contribution in [2.24, 2.45) is 0 Å². The number of hydrogen-bond donors (Lipinski definition) is 14. The van der Waals surface area contributed by atoms with Crippen LogP contribution in [0.5, 0.6) is 28.7 Å². The third-order valence-electron chi connectivity index (χ3n) is 22.6. The number of aryl methyl sites for hydroxylation is 5. The lowest BCUT2D eigenvalue weighted by Gasteiger charge is -2.24. The van der Waals surface area contributed by atoms with Crippen molar-refractivity contribution < 1.29 is 123 Å². The zero-order chi connectivity index (χ0) is 108. The number of ether oxygens (including phenoxy) is 5. The molecule has 1 heterocycles. The van der Waals surface area contributed by atoms with Crippen molar-refractivity contribution in [3.8, 4) is 28.7 Å². The molecule has 0 aromatic heterocycles. The Labute approximate surface area is 851 Å². The average molecular weight is 2080 g/mol. The standard InChI is InChI=1S/C21H25N3O6S.C21H29N3O6S.C21H27N3O6S.C21H26N2O4.C20H24N2O4/c1-14-9-19-16(5-7-24(19)8-6-22-31(2,28)29)11-18(14)23-21(27)30-13-15-3-4-17(12-25)20(26)10-15;1-4-24(10-9-22-31(3,28)29)18-6-8-20(15(2)11-18)23-21(27)30-14-17-12-19(26)7-5-16(17)13-25;1-4-24(10-9-22-31(3,28)29)18-7-8-19(15(2)11-18)23-21(27)30-14-16-5-6-17(13-25)20(26)12-16;1-4-10-23(5-2)18-8-9-19(15(3)11-18)22-21(26)27-14-16-6-7-17(13-24)20(25)12-16;1-4-22(5-2)17-8-9-18(14(3)10-17)21-20(25)26-13-15-6-7-16(12-23)19(24)11-15/h3-4,9-12,22,26H,5-8,13H2,1-2H3,(H,23,27);5-8,11-12,22,25-26H,4,9-10,13-14H2,1-3H3,(H,23,27);5-8,11-13,22,26H,4,9-10,14H2,1-3H3,(H,23,27);6-9,11-13,25H,4-5,10,14H2,1-3H3,(H,22,26);6-12,24H,4-5,13H2,1-3H3,(H,21,25). The van der Waals surface area contributed by atoms with Crippen molar-refractivity contribution in [2.75, 3.05) is 155 Å². The number of likely N-dealkylation sites (N-methyl/N-ethyl adjacent to an activating group) is 2. The number of benzene rings is 10. The molecule has 39 nitrogen and oxygen atoms in total. The summed E-state index contributed by atoms with van der Waals surface area (Å²) < 4.78 is 101. The van der Waals surface area contributed by atoms with E-state index in [4.69, 9.17) is 23.7 Å². The van der Waals surface area contributed by atoms with E-state index in [0.717, 1.165) is 126 Å². The number of anilines is 10. The van der Waals surface area contributed by atoms with Crippen LogP contribution in [0.1, 0.15) is 156 Å². The molecule has 786 valence electrons. The second kappa shape index (κ2) is 58.0. The van der Waals surface area contributed by atoms with Crippen LogP contribution in [0.2, 0.25) is 0 Å². The molecule has 14 N–H and O–H groups in total. The van der Waals surface area contributed by atoms with Crippen LogP contribution in [0.3, 0.4) is 0 Å². The molecule has 0 aliphatic carbocycles. The van der Waals surface area contributed by atoms with Crippen LogP contribution >= 0.6 is 0 Å². The molecule has 11 rings (SSSR count). The number of aromatic hydroxyl groups is 5. The van der Waals surface area contributed by atoms with Crippen molar-refractivity contribution in [2.45, 2.75) is 129 Å². The SMILES string of the molecule is CCCN(CC)c1ccc(NC(=O)OCc2ccc(C=O)c(O)c2)c(C)c1.CCN(CC)c1ccc(NC(=O)OCc2ccc(C=O)c(O)c2)c(C)c1.CCN(CCNS(C)(=O)=O)c1ccc(NC(=O)OCc2cc(O)ccc2CO)c(C)c1.CCN(CCNS(C)(=O)=O)c1ccc(NC(=O)OCc2ccc(C=O)c(O)c2)c(C)c1.Cc1cc2c(cc1NC(=O)OCc1ccc(C=O)c(O)c1)CCN2CCNS(C)(=O)=O. The zero-order valence-corrected chi connectivity index (χ0v) is 86.7. The fourth-order valence-electron chi connectivity index (χ4n) is 14.8. The summed E-state index contributed by atoms with van der Waals surface area (Å²) in [6.45, 7) is 29.8. The molecule has 146 heavy (non-hydrogen) atoms. The number of carbonyl (C=O) groups is 9. The number of carbonyl (C=O) groups excluding carboxylic acids is 9. The molecular weight excluding hydrogens is 1940 g/mol. The van der Waals surface area contributed by atoms with Gasteiger partial charge in [0, 0.05) is 142 Å². The first-order valence-corrected chi connectivity index (χ1v) is 52.4.